The zero-order valence-electron chi connectivity index (χ0n) is 10.1. The summed E-state index contributed by atoms with van der Waals surface area (Å²) in [4.78, 5) is 10.6. The molecule has 0 fully saturated rings. The molecule has 1 aromatic heterocycles. The number of halogens is 3. The van der Waals surface area contributed by atoms with Gasteiger partial charge in [0.25, 0.3) is 0 Å². The number of nitrogens with two attached hydrogens (primary N) is 1. The van der Waals surface area contributed by atoms with Crippen molar-refractivity contribution in [3.8, 4) is 5.69 Å². The highest BCUT2D eigenvalue weighted by Gasteiger charge is 2.34. The van der Waals surface area contributed by atoms with Gasteiger partial charge in [-0.05, 0) is 12.1 Å². The van der Waals surface area contributed by atoms with E-state index in [1.54, 1.807) is 0 Å². The van der Waals surface area contributed by atoms with Crippen molar-refractivity contribution >= 4 is 11.8 Å². The predicted molar refractivity (Wildman–Crippen MR) is 64.3 cm³/mol. The highest BCUT2D eigenvalue weighted by Crippen LogP contribution is 2.34. The highest BCUT2D eigenvalue weighted by atomic mass is 19.4. The fourth-order valence-corrected chi connectivity index (χ4v) is 1.78. The molecule has 0 aliphatic heterocycles. The number of carbonyl (C=O) groups is 1. The van der Waals surface area contributed by atoms with Gasteiger partial charge in [-0.15, -0.1) is 0 Å². The third-order valence-corrected chi connectivity index (χ3v) is 2.67. The van der Waals surface area contributed by atoms with E-state index in [0.29, 0.717) is 0 Å². The molecule has 0 aliphatic carbocycles. The first-order chi connectivity index (χ1) is 9.30. The van der Waals surface area contributed by atoms with E-state index in [4.69, 9.17) is 10.8 Å². The number of nitrogen functional groups attached to an aromatic ring is 1. The standard InChI is InChI=1S/C12H10F3N3O2/c13-12(14,15)8-3-1-2-4-9(8)18-11(16)7(6-17-18)5-10(19)20/h1-4,6H,5,16H2,(H,19,20). The lowest BCUT2D eigenvalue weighted by molar-refractivity contribution is -0.138. The van der Waals surface area contributed by atoms with E-state index in [1.807, 2.05) is 0 Å². The Labute approximate surface area is 111 Å². The van der Waals surface area contributed by atoms with Crippen molar-refractivity contribution in [1.29, 1.82) is 0 Å². The zero-order chi connectivity index (χ0) is 14.9. The van der Waals surface area contributed by atoms with E-state index in [1.165, 1.54) is 18.2 Å². The van der Waals surface area contributed by atoms with Crippen molar-refractivity contribution in [2.24, 2.45) is 0 Å². The molecule has 20 heavy (non-hydrogen) atoms. The van der Waals surface area contributed by atoms with Crippen LogP contribution in [0.2, 0.25) is 0 Å². The minimum absolute atomic E-state index is 0.121. The average molecular weight is 285 g/mol. The Balaban J connectivity index is 2.53. The zero-order valence-corrected chi connectivity index (χ0v) is 10.1. The third-order valence-electron chi connectivity index (χ3n) is 2.67. The van der Waals surface area contributed by atoms with Crippen molar-refractivity contribution < 1.29 is 23.1 Å². The van der Waals surface area contributed by atoms with Crippen LogP contribution in [0, 0.1) is 0 Å². The second-order valence-electron chi connectivity index (χ2n) is 4.05. The van der Waals surface area contributed by atoms with E-state index in [0.717, 1.165) is 16.9 Å². The quantitative estimate of drug-likeness (QED) is 0.905. The number of anilines is 1. The minimum atomic E-state index is -4.55. The van der Waals surface area contributed by atoms with Crippen molar-refractivity contribution in [2.45, 2.75) is 12.6 Å². The number of hydrogen-bond acceptors (Lipinski definition) is 3. The molecule has 1 heterocycles. The van der Waals surface area contributed by atoms with Gasteiger partial charge in [-0.2, -0.15) is 18.3 Å². The first-order valence-electron chi connectivity index (χ1n) is 5.51. The molecule has 3 N–H and O–H groups in total. The number of hydrogen-bond donors (Lipinski definition) is 2. The lowest BCUT2D eigenvalue weighted by Crippen LogP contribution is -2.13. The summed E-state index contributed by atoms with van der Waals surface area (Å²) < 4.78 is 39.6. The summed E-state index contributed by atoms with van der Waals surface area (Å²) in [5, 5.41) is 12.4. The molecule has 0 atom stereocenters. The highest BCUT2D eigenvalue weighted by molar-refractivity contribution is 5.72. The van der Waals surface area contributed by atoms with Gasteiger partial charge in [0.05, 0.1) is 23.9 Å². The molecular formula is C12H10F3N3O2. The van der Waals surface area contributed by atoms with Crippen LogP contribution in [0.5, 0.6) is 0 Å². The third kappa shape index (κ3) is 2.58. The number of para-hydroxylation sites is 1. The second kappa shape index (κ2) is 4.87. The number of carboxylic acid groups (broad SMARTS) is 1. The first-order valence-corrected chi connectivity index (χ1v) is 5.51. The van der Waals surface area contributed by atoms with Gasteiger partial charge in [-0.25, -0.2) is 4.68 Å². The molecule has 5 nitrogen and oxygen atoms in total. The summed E-state index contributed by atoms with van der Waals surface area (Å²) in [5.74, 6) is -1.26. The Morgan fingerprint density at radius 2 is 2.00 bits per heavy atom. The Bertz CT molecular complexity index is 650. The summed E-state index contributed by atoms with van der Waals surface area (Å²) in [7, 11) is 0. The van der Waals surface area contributed by atoms with Gasteiger partial charge in [0, 0.05) is 5.56 Å². The molecule has 8 heteroatoms. The molecule has 0 saturated carbocycles. The van der Waals surface area contributed by atoms with Gasteiger partial charge < -0.3 is 10.8 Å². The molecule has 0 bridgehead atoms. The lowest BCUT2D eigenvalue weighted by atomic mass is 10.1. The van der Waals surface area contributed by atoms with E-state index in [-0.39, 0.29) is 17.1 Å². The number of nitrogens with zero attached hydrogens (tertiary/aromatic N) is 2. The van der Waals surface area contributed by atoms with E-state index >= 15 is 0 Å². The summed E-state index contributed by atoms with van der Waals surface area (Å²) >= 11 is 0. The molecule has 0 unspecified atom stereocenters. The molecule has 2 rings (SSSR count). The van der Waals surface area contributed by atoms with Crippen molar-refractivity contribution in [3.63, 3.8) is 0 Å². The van der Waals surface area contributed by atoms with Crippen LogP contribution in [0.25, 0.3) is 5.69 Å². The largest absolute Gasteiger partial charge is 0.481 e. The van der Waals surface area contributed by atoms with Crippen LogP contribution < -0.4 is 5.73 Å². The molecule has 106 valence electrons. The first kappa shape index (κ1) is 13.9. The monoisotopic (exact) mass is 285 g/mol. The Morgan fingerprint density at radius 3 is 2.60 bits per heavy atom. The van der Waals surface area contributed by atoms with Crippen LogP contribution in [-0.4, -0.2) is 20.9 Å². The Hall–Kier alpha value is -2.51. The molecule has 0 amide bonds. The van der Waals surface area contributed by atoms with E-state index < -0.39 is 24.1 Å². The van der Waals surface area contributed by atoms with Crippen molar-refractivity contribution in [3.05, 3.63) is 41.6 Å². The number of alkyl halides is 3. The fraction of sp³-hybridized carbons (Fsp3) is 0.167. The second-order valence-corrected chi connectivity index (χ2v) is 4.05. The average Bonchev–Trinajstić information content (AvgIpc) is 2.69. The van der Waals surface area contributed by atoms with Gasteiger partial charge in [0.1, 0.15) is 5.82 Å². The Kier molecular flexibility index (Phi) is 3.39. The Morgan fingerprint density at radius 1 is 1.35 bits per heavy atom. The minimum Gasteiger partial charge on any atom is -0.481 e. The SMILES string of the molecule is Nc1c(CC(=O)O)cnn1-c1ccccc1C(F)(F)F. The maximum absolute atomic E-state index is 12.9. The van der Waals surface area contributed by atoms with Crippen LogP contribution in [-0.2, 0) is 17.4 Å². The van der Waals surface area contributed by atoms with Crippen LogP contribution in [0.15, 0.2) is 30.5 Å². The summed E-state index contributed by atoms with van der Waals surface area (Å²) in [6.45, 7) is 0. The van der Waals surface area contributed by atoms with Crippen LogP contribution in [0.4, 0.5) is 19.0 Å². The summed E-state index contributed by atoms with van der Waals surface area (Å²) in [5.41, 5.74) is 4.69. The number of carboxylic acids is 1. The van der Waals surface area contributed by atoms with Crippen molar-refractivity contribution in [2.75, 3.05) is 5.73 Å². The predicted octanol–water partition coefficient (Wildman–Crippen LogP) is 2.10. The van der Waals surface area contributed by atoms with Gasteiger partial charge in [-0.1, -0.05) is 12.1 Å². The summed E-state index contributed by atoms with van der Waals surface area (Å²) in [6.07, 6.45) is -3.81. The molecule has 1 aromatic carbocycles. The van der Waals surface area contributed by atoms with Gasteiger partial charge >= 0.3 is 12.1 Å². The maximum Gasteiger partial charge on any atom is 0.418 e. The van der Waals surface area contributed by atoms with E-state index in [2.05, 4.69) is 5.10 Å². The number of rotatable bonds is 3. The molecule has 0 radical (unpaired) electrons. The molecule has 0 spiro atoms. The molecule has 0 aliphatic rings. The topological polar surface area (TPSA) is 81.1 Å². The van der Waals surface area contributed by atoms with E-state index in [9.17, 15) is 18.0 Å². The lowest BCUT2D eigenvalue weighted by Gasteiger charge is -2.13. The van der Waals surface area contributed by atoms with Gasteiger partial charge in [-0.3, -0.25) is 4.79 Å². The number of benzene rings is 1. The van der Waals surface area contributed by atoms with Crippen molar-refractivity contribution in [1.82, 2.24) is 9.78 Å². The normalized spacial score (nSPS) is 11.6. The fourth-order valence-electron chi connectivity index (χ4n) is 1.78. The summed E-state index contributed by atoms with van der Waals surface area (Å²) in [6, 6.07) is 4.80. The van der Waals surface area contributed by atoms with Crippen LogP contribution >= 0.6 is 0 Å². The van der Waals surface area contributed by atoms with Crippen LogP contribution in [0.1, 0.15) is 11.1 Å². The van der Waals surface area contributed by atoms with Crippen LogP contribution in [0.3, 0.4) is 0 Å². The number of aromatic nitrogens is 2. The van der Waals surface area contributed by atoms with Gasteiger partial charge in [0.2, 0.25) is 0 Å². The smallest absolute Gasteiger partial charge is 0.418 e. The molecular weight excluding hydrogens is 275 g/mol. The number of aliphatic carboxylic acids is 1. The molecule has 2 aromatic rings. The maximum atomic E-state index is 12.9. The molecule has 0 saturated heterocycles. The van der Waals surface area contributed by atoms with Gasteiger partial charge in [0.15, 0.2) is 0 Å².